The number of benzene rings is 1. The highest BCUT2D eigenvalue weighted by atomic mass is 35.5. The minimum atomic E-state index is -3.47. The largest absolute Gasteiger partial charge is 0.480 e. The van der Waals surface area contributed by atoms with Crippen molar-refractivity contribution in [3.8, 4) is 5.75 Å². The predicted octanol–water partition coefficient (Wildman–Crippen LogP) is 3.05. The van der Waals surface area contributed by atoms with Gasteiger partial charge in [0.15, 0.2) is 6.10 Å². The van der Waals surface area contributed by atoms with Crippen molar-refractivity contribution in [3.05, 3.63) is 45.8 Å². The maximum atomic E-state index is 12.5. The first-order valence-electron chi connectivity index (χ1n) is 8.66. The smallest absolute Gasteiger partial charge is 0.261 e. The third-order valence-electron chi connectivity index (χ3n) is 4.36. The van der Waals surface area contributed by atoms with E-state index in [1.165, 1.54) is 15.6 Å². The zero-order valence-corrected chi connectivity index (χ0v) is 17.5. The van der Waals surface area contributed by atoms with Crippen LogP contribution >= 0.6 is 22.9 Å². The van der Waals surface area contributed by atoms with E-state index in [-0.39, 0.29) is 16.7 Å². The van der Waals surface area contributed by atoms with E-state index in [4.69, 9.17) is 16.3 Å². The molecule has 0 spiro atoms. The summed E-state index contributed by atoms with van der Waals surface area (Å²) in [6.07, 6.45) is -0.134. The lowest BCUT2D eigenvalue weighted by Crippen LogP contribution is -2.36. The van der Waals surface area contributed by atoms with Crippen LogP contribution in [0.1, 0.15) is 24.3 Å². The zero-order valence-electron chi connectivity index (χ0n) is 15.1. The summed E-state index contributed by atoms with van der Waals surface area (Å²) in [6.45, 7) is 4.72. The van der Waals surface area contributed by atoms with Crippen LogP contribution in [0.5, 0.6) is 5.75 Å². The maximum absolute atomic E-state index is 12.5. The van der Waals surface area contributed by atoms with Gasteiger partial charge in [0.05, 0.1) is 6.54 Å². The molecule has 3 rings (SSSR count). The van der Waals surface area contributed by atoms with Gasteiger partial charge in [0.25, 0.3) is 15.9 Å². The molecule has 0 aliphatic carbocycles. The van der Waals surface area contributed by atoms with E-state index >= 15 is 0 Å². The first-order chi connectivity index (χ1) is 12.8. The fourth-order valence-electron chi connectivity index (χ4n) is 2.93. The summed E-state index contributed by atoms with van der Waals surface area (Å²) < 4.78 is 32.4. The van der Waals surface area contributed by atoms with Gasteiger partial charge in [0.2, 0.25) is 0 Å². The number of sulfonamides is 1. The Bertz CT molecular complexity index is 939. The van der Waals surface area contributed by atoms with Crippen LogP contribution in [0, 0.1) is 0 Å². The maximum Gasteiger partial charge on any atom is 0.261 e. The van der Waals surface area contributed by atoms with E-state index in [1.807, 2.05) is 13.8 Å². The van der Waals surface area contributed by atoms with Crippen molar-refractivity contribution >= 4 is 38.9 Å². The van der Waals surface area contributed by atoms with Crippen LogP contribution in [-0.2, 0) is 27.8 Å². The molecule has 0 radical (unpaired) electrons. The zero-order chi connectivity index (χ0) is 19.6. The number of nitrogens with one attached hydrogen (secondary N) is 1. The third-order valence-corrected chi connectivity index (χ3v) is 8.20. The van der Waals surface area contributed by atoms with Crippen molar-refractivity contribution in [2.24, 2.45) is 0 Å². The topological polar surface area (TPSA) is 75.7 Å². The van der Waals surface area contributed by atoms with Crippen molar-refractivity contribution in [3.63, 3.8) is 0 Å². The Labute approximate surface area is 168 Å². The highest BCUT2D eigenvalue weighted by Crippen LogP contribution is 2.31. The SMILES string of the molecule is CCN(CC)S(=O)(=O)c1ccc(CNC(=O)C2Cc3cc(Cl)ccc3O2)s1. The third kappa shape index (κ3) is 4.29. The van der Waals surface area contributed by atoms with E-state index in [1.54, 1.807) is 30.3 Å². The second-order valence-electron chi connectivity index (χ2n) is 6.09. The van der Waals surface area contributed by atoms with Crippen LogP contribution < -0.4 is 10.1 Å². The average Bonchev–Trinajstić information content (AvgIpc) is 3.27. The molecule has 1 atom stereocenters. The molecule has 0 saturated carbocycles. The number of thiophene rings is 1. The van der Waals surface area contributed by atoms with E-state index in [0.29, 0.717) is 30.3 Å². The monoisotopic (exact) mass is 428 g/mol. The van der Waals surface area contributed by atoms with Gasteiger partial charge in [-0.3, -0.25) is 4.79 Å². The lowest BCUT2D eigenvalue weighted by atomic mass is 10.1. The molecule has 6 nitrogen and oxygen atoms in total. The lowest BCUT2D eigenvalue weighted by molar-refractivity contribution is -0.127. The summed E-state index contributed by atoms with van der Waals surface area (Å²) in [7, 11) is -3.47. The average molecular weight is 429 g/mol. The van der Waals surface area contributed by atoms with Crippen LogP contribution in [-0.4, -0.2) is 37.8 Å². The molecular formula is C18H21ClN2O4S2. The molecule has 146 valence electrons. The number of fused-ring (bicyclic) bond motifs is 1. The Kier molecular flexibility index (Phi) is 6.10. The molecule has 1 amide bonds. The molecule has 2 aromatic rings. The Balaban J connectivity index is 1.60. The van der Waals surface area contributed by atoms with Crippen molar-refractivity contribution in [1.29, 1.82) is 0 Å². The predicted molar refractivity (Wildman–Crippen MR) is 106 cm³/mol. The van der Waals surface area contributed by atoms with Crippen LogP contribution in [0.4, 0.5) is 0 Å². The molecule has 0 fully saturated rings. The molecule has 27 heavy (non-hydrogen) atoms. The molecule has 1 aromatic heterocycles. The normalized spacial score (nSPS) is 16.2. The highest BCUT2D eigenvalue weighted by Gasteiger charge is 2.29. The van der Waals surface area contributed by atoms with Crippen molar-refractivity contribution in [2.75, 3.05) is 13.1 Å². The Morgan fingerprint density at radius 2 is 2.04 bits per heavy atom. The molecule has 0 saturated heterocycles. The second kappa shape index (κ2) is 8.18. The molecule has 1 unspecified atom stereocenters. The first kappa shape index (κ1) is 20.1. The van der Waals surface area contributed by atoms with Crippen LogP contribution in [0.3, 0.4) is 0 Å². The van der Waals surface area contributed by atoms with Crippen molar-refractivity contribution < 1.29 is 17.9 Å². The van der Waals surface area contributed by atoms with Gasteiger partial charge in [-0.05, 0) is 35.9 Å². The first-order valence-corrected chi connectivity index (χ1v) is 11.3. The van der Waals surface area contributed by atoms with Gasteiger partial charge in [0, 0.05) is 29.4 Å². The fourth-order valence-corrected chi connectivity index (χ4v) is 6.04. The van der Waals surface area contributed by atoms with Crippen molar-refractivity contribution in [1.82, 2.24) is 9.62 Å². The summed E-state index contributed by atoms with van der Waals surface area (Å²) in [4.78, 5) is 13.2. The van der Waals surface area contributed by atoms with Gasteiger partial charge in [0.1, 0.15) is 9.96 Å². The number of hydrogen-bond donors (Lipinski definition) is 1. The van der Waals surface area contributed by atoms with Crippen LogP contribution in [0.15, 0.2) is 34.5 Å². The molecule has 0 bridgehead atoms. The summed E-state index contributed by atoms with van der Waals surface area (Å²) in [6, 6.07) is 8.60. The van der Waals surface area contributed by atoms with E-state index in [2.05, 4.69) is 5.32 Å². The molecule has 1 N–H and O–H groups in total. The minimum absolute atomic E-state index is 0.233. The number of rotatable bonds is 7. The standard InChI is InChI=1S/C18H21ClN2O4S2/c1-3-21(4-2)27(23,24)17-8-6-14(26-17)11-20-18(22)16-10-12-9-13(19)5-7-15(12)25-16/h5-9,16H,3-4,10-11H2,1-2H3,(H,20,22). The van der Waals surface area contributed by atoms with Gasteiger partial charge in [-0.1, -0.05) is 25.4 Å². The van der Waals surface area contributed by atoms with Gasteiger partial charge >= 0.3 is 0 Å². The number of amides is 1. The molecule has 1 aromatic carbocycles. The number of nitrogens with zero attached hydrogens (tertiary/aromatic N) is 1. The quantitative estimate of drug-likeness (QED) is 0.735. The Hall–Kier alpha value is -1.61. The van der Waals surface area contributed by atoms with Gasteiger partial charge in [-0.2, -0.15) is 4.31 Å². The van der Waals surface area contributed by atoms with Crippen molar-refractivity contribution in [2.45, 2.75) is 37.1 Å². The molecule has 1 aliphatic heterocycles. The number of ether oxygens (including phenoxy) is 1. The molecule has 1 aliphatic rings. The summed E-state index contributed by atoms with van der Waals surface area (Å²) >= 11 is 7.14. The summed E-state index contributed by atoms with van der Waals surface area (Å²) in [5.41, 5.74) is 0.909. The number of carbonyl (C=O) groups excluding carboxylic acids is 1. The summed E-state index contributed by atoms with van der Waals surface area (Å²) in [5, 5.41) is 3.43. The molecular weight excluding hydrogens is 408 g/mol. The lowest BCUT2D eigenvalue weighted by Gasteiger charge is -2.16. The Morgan fingerprint density at radius 1 is 1.30 bits per heavy atom. The Morgan fingerprint density at radius 3 is 2.74 bits per heavy atom. The van der Waals surface area contributed by atoms with Gasteiger partial charge in [-0.25, -0.2) is 8.42 Å². The molecule has 2 heterocycles. The number of carbonyl (C=O) groups is 1. The van der Waals surface area contributed by atoms with Gasteiger partial charge in [-0.15, -0.1) is 11.3 Å². The van der Waals surface area contributed by atoms with Crippen LogP contribution in [0.25, 0.3) is 0 Å². The number of hydrogen-bond acceptors (Lipinski definition) is 5. The number of halogens is 1. The summed E-state index contributed by atoms with van der Waals surface area (Å²) in [5.74, 6) is 0.437. The fraction of sp³-hybridized carbons (Fsp3) is 0.389. The van der Waals surface area contributed by atoms with Gasteiger partial charge < -0.3 is 10.1 Å². The minimum Gasteiger partial charge on any atom is -0.480 e. The van der Waals surface area contributed by atoms with Crippen LogP contribution in [0.2, 0.25) is 5.02 Å². The highest BCUT2D eigenvalue weighted by molar-refractivity contribution is 7.91. The van der Waals surface area contributed by atoms with E-state index in [9.17, 15) is 13.2 Å². The molecule has 9 heteroatoms. The second-order valence-corrected chi connectivity index (χ2v) is 9.86. The van der Waals surface area contributed by atoms with E-state index < -0.39 is 16.1 Å². The van der Waals surface area contributed by atoms with E-state index in [0.717, 1.165) is 10.4 Å².